The molecule has 6 nitrogen and oxygen atoms in total. The van der Waals surface area contributed by atoms with Crippen molar-refractivity contribution in [3.63, 3.8) is 0 Å². The Morgan fingerprint density at radius 3 is 0.887 bits per heavy atom. The fraction of sp³-hybridized carbons (Fsp3) is 0.659. The average Bonchev–Trinajstić information content (AvgIpc) is 3.02. The van der Waals surface area contributed by atoms with E-state index in [-0.39, 0.29) is 34.5 Å². The lowest BCUT2D eigenvalue weighted by molar-refractivity contribution is -0.167. The number of carbonyl (C=O) groups is 2. The summed E-state index contributed by atoms with van der Waals surface area (Å²) in [7, 11) is 0. The van der Waals surface area contributed by atoms with Gasteiger partial charge in [0, 0.05) is 12.8 Å². The molecule has 0 heterocycles. The Kier molecular flexibility index (Phi) is 17.0. The monoisotopic (exact) mass is 856 g/mol. The van der Waals surface area contributed by atoms with Gasteiger partial charge in [-0.3, -0.25) is 9.59 Å². The Bertz CT molecular complexity index is 1340. The molecule has 2 aromatic carbocycles. The van der Waals surface area contributed by atoms with E-state index in [2.05, 4.69) is 83.1 Å². The number of aromatic hydroxyl groups is 2. The Balaban J connectivity index is 0.000000683. The molecule has 0 spiro atoms. The van der Waals surface area contributed by atoms with Gasteiger partial charge >= 0.3 is 11.9 Å². The lowest BCUT2D eigenvalue weighted by atomic mass is 9.78. The number of alkyl halides is 6. The van der Waals surface area contributed by atoms with Crippen molar-refractivity contribution in [2.75, 3.05) is 6.79 Å². The van der Waals surface area contributed by atoms with Crippen molar-refractivity contribution in [2.24, 2.45) is 0 Å². The van der Waals surface area contributed by atoms with Crippen molar-refractivity contribution in [1.29, 1.82) is 0 Å². The van der Waals surface area contributed by atoms with Gasteiger partial charge in [-0.15, -0.1) is 69.6 Å². The van der Waals surface area contributed by atoms with E-state index in [1.807, 2.05) is 24.3 Å². The van der Waals surface area contributed by atoms with E-state index in [1.165, 1.54) is 0 Å². The van der Waals surface area contributed by atoms with E-state index in [4.69, 9.17) is 79.1 Å². The van der Waals surface area contributed by atoms with Crippen molar-refractivity contribution in [2.45, 2.75) is 163 Å². The van der Waals surface area contributed by atoms with Crippen LogP contribution in [0.1, 0.15) is 129 Å². The van der Waals surface area contributed by atoms with Gasteiger partial charge in [0.1, 0.15) is 11.5 Å². The van der Waals surface area contributed by atoms with Crippen LogP contribution in [0.25, 0.3) is 0 Å². The largest absolute Gasteiger partial charge is 0.507 e. The van der Waals surface area contributed by atoms with Crippen LogP contribution in [0.15, 0.2) is 24.3 Å². The van der Waals surface area contributed by atoms with E-state index >= 15 is 0 Å². The summed E-state index contributed by atoms with van der Waals surface area (Å²) in [6, 6.07) is 7.82. The van der Waals surface area contributed by atoms with E-state index in [0.29, 0.717) is 24.3 Å². The normalized spacial score (nSPS) is 22.5. The van der Waals surface area contributed by atoms with Gasteiger partial charge in [-0.05, 0) is 67.9 Å². The van der Waals surface area contributed by atoms with Crippen LogP contribution in [0.4, 0.5) is 0 Å². The van der Waals surface area contributed by atoms with Crippen LogP contribution in [0.3, 0.4) is 0 Å². The molecule has 0 unspecified atom stereocenters. The molecular formula is C41H58Cl6O6. The maximum Gasteiger partial charge on any atom is 0.308 e. The average molecular weight is 860 g/mol. The quantitative estimate of drug-likeness (QED) is 0.156. The lowest BCUT2D eigenvalue weighted by Crippen LogP contribution is -2.52. The third kappa shape index (κ3) is 13.4. The third-order valence-corrected chi connectivity index (χ3v) is 13.1. The second-order valence-corrected chi connectivity index (χ2v) is 20.9. The molecule has 1 saturated carbocycles. The third-order valence-electron chi connectivity index (χ3n) is 9.07. The van der Waals surface area contributed by atoms with Crippen molar-refractivity contribution in [3.8, 4) is 11.5 Å². The zero-order chi connectivity index (χ0) is 41.0. The molecule has 1 fully saturated rings. The van der Waals surface area contributed by atoms with E-state index in [1.54, 1.807) is 0 Å². The van der Waals surface area contributed by atoms with Gasteiger partial charge in [-0.25, -0.2) is 0 Å². The lowest BCUT2D eigenvalue weighted by Gasteiger charge is -2.37. The second kappa shape index (κ2) is 18.8. The first-order chi connectivity index (χ1) is 24.0. The number of aryl methyl sites for hydroxylation is 2. The van der Waals surface area contributed by atoms with Gasteiger partial charge in [0.25, 0.3) is 0 Å². The van der Waals surface area contributed by atoms with Gasteiger partial charge in [-0.1, -0.05) is 107 Å². The molecule has 300 valence electrons. The number of hydrogen-bond acceptors (Lipinski definition) is 6. The highest BCUT2D eigenvalue weighted by atomic mass is 35.5. The van der Waals surface area contributed by atoms with Gasteiger partial charge in [0.05, 0.1) is 32.3 Å². The fourth-order valence-corrected chi connectivity index (χ4v) is 8.14. The second-order valence-electron chi connectivity index (χ2n) is 17.9. The maximum absolute atomic E-state index is 12.4. The molecule has 53 heavy (non-hydrogen) atoms. The molecule has 3 rings (SSSR count). The van der Waals surface area contributed by atoms with Gasteiger partial charge in [0.2, 0.25) is 6.79 Å². The van der Waals surface area contributed by atoms with E-state index in [9.17, 15) is 19.8 Å². The van der Waals surface area contributed by atoms with Crippen molar-refractivity contribution in [1.82, 2.24) is 0 Å². The van der Waals surface area contributed by atoms with Crippen molar-refractivity contribution >= 4 is 81.5 Å². The van der Waals surface area contributed by atoms with Crippen LogP contribution in [0, 0.1) is 0 Å². The molecule has 0 aliphatic heterocycles. The molecule has 12 heteroatoms. The van der Waals surface area contributed by atoms with E-state index < -0.39 is 51.0 Å². The smallest absolute Gasteiger partial charge is 0.308 e. The Morgan fingerprint density at radius 1 is 0.491 bits per heavy atom. The number of ether oxygens (including phenoxy) is 2. The van der Waals surface area contributed by atoms with Crippen LogP contribution in [-0.4, -0.2) is 61.2 Å². The number of phenols is 2. The minimum absolute atomic E-state index is 0.133. The summed E-state index contributed by atoms with van der Waals surface area (Å²) < 4.78 is 10.4. The van der Waals surface area contributed by atoms with Crippen LogP contribution >= 0.6 is 69.6 Å². The number of phenolic OH excluding ortho intramolecular Hbond substituents is 2. The summed E-state index contributed by atoms with van der Waals surface area (Å²) in [4.78, 5) is 24.8. The highest BCUT2D eigenvalue weighted by molar-refractivity contribution is 6.45. The number of carbonyl (C=O) groups excluding carboxylic acids is 2. The van der Waals surface area contributed by atoms with Crippen LogP contribution in [-0.2, 0) is 53.6 Å². The first-order valence-electron chi connectivity index (χ1n) is 17.9. The fourth-order valence-electron chi connectivity index (χ4n) is 5.82. The summed E-state index contributed by atoms with van der Waals surface area (Å²) >= 11 is 35.3. The van der Waals surface area contributed by atoms with E-state index in [0.717, 1.165) is 33.4 Å². The minimum atomic E-state index is -0.455. The predicted molar refractivity (Wildman–Crippen MR) is 223 cm³/mol. The first kappa shape index (κ1) is 47.9. The summed E-state index contributed by atoms with van der Waals surface area (Å²) in [5.41, 5.74) is 4.28. The highest BCUT2D eigenvalue weighted by Gasteiger charge is 2.47. The zero-order valence-electron chi connectivity index (χ0n) is 33.1. The minimum Gasteiger partial charge on any atom is -0.507 e. The van der Waals surface area contributed by atoms with Crippen molar-refractivity contribution < 1.29 is 29.3 Å². The Hall–Kier alpha value is -1.28. The predicted octanol–water partition coefficient (Wildman–Crippen LogP) is 11.5. The number of benzene rings is 2. The molecule has 1 aliphatic carbocycles. The molecule has 0 amide bonds. The van der Waals surface area contributed by atoms with Crippen LogP contribution in [0.2, 0.25) is 0 Å². The topological polar surface area (TPSA) is 93.1 Å². The summed E-state index contributed by atoms with van der Waals surface area (Å²) in [5.74, 6) is -0.299. The zero-order valence-corrected chi connectivity index (χ0v) is 37.6. The van der Waals surface area contributed by atoms with Gasteiger partial charge in [-0.2, -0.15) is 0 Å². The molecular weight excluding hydrogens is 801 g/mol. The number of rotatable bonds is 8. The summed E-state index contributed by atoms with van der Waals surface area (Å²) in [6.07, 6.45) is 1.17. The Labute approximate surface area is 347 Å². The van der Waals surface area contributed by atoms with Crippen LogP contribution < -0.4 is 0 Å². The number of hydrogen-bond donors (Lipinski definition) is 2. The number of esters is 2. The molecule has 2 N–H and O–H groups in total. The summed E-state index contributed by atoms with van der Waals surface area (Å²) in [6.45, 7) is 24.2. The SMILES string of the molecule is CC(C)(C)c1cc(CCC(=O)OCOC(=O)CCc2cc(C(C)(C)C)c(O)c(C(C)(C)C)c2)cc(C(C)(C)C)c1O.ClC1C(Cl)C(Cl)C(Cl)C(Cl)C1Cl. The molecule has 0 atom stereocenters. The van der Waals surface area contributed by atoms with Crippen LogP contribution in [0.5, 0.6) is 11.5 Å². The number of halogens is 6. The molecule has 0 radical (unpaired) electrons. The standard InChI is InChI=1S/C35H52O6.C6H6Cl6/c1-32(2,3)24-17-22(18-25(30(24)38)33(4,5)6)13-15-28(36)40-21-41-29(37)16-14-23-19-26(34(7,8)9)31(39)27(20-23)35(10,11)12;7-1-2(8)4(10)6(12)5(11)3(1)9/h17-20,38-39H,13-16,21H2,1-12H3;1-6H. The molecule has 2 aromatic rings. The molecule has 0 aromatic heterocycles. The Morgan fingerprint density at radius 2 is 0.698 bits per heavy atom. The summed E-state index contributed by atoms with van der Waals surface area (Å²) in [5, 5.41) is 19.2. The van der Waals surface area contributed by atoms with Crippen molar-refractivity contribution in [3.05, 3.63) is 57.6 Å². The van der Waals surface area contributed by atoms with Gasteiger partial charge in [0.15, 0.2) is 0 Å². The molecule has 0 saturated heterocycles. The highest BCUT2D eigenvalue weighted by Crippen LogP contribution is 2.42. The molecule has 1 aliphatic rings. The molecule has 0 bridgehead atoms. The van der Waals surface area contributed by atoms with Gasteiger partial charge < -0.3 is 19.7 Å². The first-order valence-corrected chi connectivity index (χ1v) is 20.5. The maximum atomic E-state index is 12.4.